The number of nitrogens with zero attached hydrogens (tertiary/aromatic N) is 1. The molecule has 0 aromatic heterocycles. The maximum atomic E-state index is 12.5. The molecular weight excluding hydrogens is 105 g/mol. The summed E-state index contributed by atoms with van der Waals surface area (Å²) >= 11 is 0. The van der Waals surface area contributed by atoms with Gasteiger partial charge in [-0.15, -0.1) is 0 Å². The molecule has 0 saturated carbocycles. The lowest BCUT2D eigenvalue weighted by Crippen LogP contribution is -2.13. The number of alkyl halides is 1. The van der Waals surface area contributed by atoms with Gasteiger partial charge in [0.1, 0.15) is 6.17 Å². The van der Waals surface area contributed by atoms with Crippen molar-refractivity contribution >= 4 is 0 Å². The minimum atomic E-state index is -0.583. The third-order valence-corrected chi connectivity index (χ3v) is 1.70. The zero-order chi connectivity index (χ0) is 6.15. The van der Waals surface area contributed by atoms with Crippen molar-refractivity contribution in [2.75, 3.05) is 20.1 Å². The Bertz CT molecular complexity index is 74.6. The zero-order valence-electron chi connectivity index (χ0n) is 5.39. The summed E-state index contributed by atoms with van der Waals surface area (Å²) in [4.78, 5) is 2.02. The Hall–Kier alpha value is -0.110. The highest BCUT2D eigenvalue weighted by Gasteiger charge is 2.26. The first kappa shape index (κ1) is 6.02. The topological polar surface area (TPSA) is 3.24 Å². The molecule has 0 aromatic rings. The van der Waals surface area contributed by atoms with Crippen LogP contribution in [-0.2, 0) is 0 Å². The van der Waals surface area contributed by atoms with Crippen LogP contribution in [0.25, 0.3) is 0 Å². The van der Waals surface area contributed by atoms with E-state index < -0.39 is 6.17 Å². The van der Waals surface area contributed by atoms with Crippen LogP contribution in [0.3, 0.4) is 0 Å². The molecule has 0 aromatic carbocycles. The van der Waals surface area contributed by atoms with Crippen LogP contribution in [0.15, 0.2) is 0 Å². The van der Waals surface area contributed by atoms with Crippen molar-refractivity contribution in [1.82, 2.24) is 4.90 Å². The molecule has 1 unspecified atom stereocenters. The quantitative estimate of drug-likeness (QED) is 0.455. The molecule has 1 aliphatic heterocycles. The van der Waals surface area contributed by atoms with Gasteiger partial charge in [0.15, 0.2) is 0 Å². The van der Waals surface area contributed by atoms with E-state index in [4.69, 9.17) is 0 Å². The predicted octanol–water partition coefficient (Wildman–Crippen LogP) is 0.906. The van der Waals surface area contributed by atoms with Crippen molar-refractivity contribution in [1.29, 1.82) is 0 Å². The SMILES string of the molecule is C[C@H]1CN(C)CC1F. The first-order valence-electron chi connectivity index (χ1n) is 3.03. The number of likely N-dealkylation sites (tertiary alicyclic amines) is 1. The van der Waals surface area contributed by atoms with Crippen molar-refractivity contribution < 1.29 is 4.39 Å². The zero-order valence-corrected chi connectivity index (χ0v) is 5.39. The second-order valence-corrected chi connectivity index (χ2v) is 2.71. The molecule has 1 nitrogen and oxygen atoms in total. The van der Waals surface area contributed by atoms with Gasteiger partial charge in [-0.25, -0.2) is 4.39 Å². The van der Waals surface area contributed by atoms with E-state index >= 15 is 0 Å². The molecule has 1 rings (SSSR count). The van der Waals surface area contributed by atoms with Crippen LogP contribution in [0.4, 0.5) is 4.39 Å². The molecule has 2 atom stereocenters. The van der Waals surface area contributed by atoms with Gasteiger partial charge in [-0.2, -0.15) is 0 Å². The Balaban J connectivity index is 2.39. The van der Waals surface area contributed by atoms with Crippen LogP contribution >= 0.6 is 0 Å². The number of hydrogen-bond acceptors (Lipinski definition) is 1. The third-order valence-electron chi connectivity index (χ3n) is 1.70. The van der Waals surface area contributed by atoms with Gasteiger partial charge in [-0.3, -0.25) is 0 Å². The Kier molecular flexibility index (Phi) is 1.52. The largest absolute Gasteiger partial charge is 0.303 e. The van der Waals surface area contributed by atoms with Crippen molar-refractivity contribution in [3.63, 3.8) is 0 Å². The second-order valence-electron chi connectivity index (χ2n) is 2.71. The van der Waals surface area contributed by atoms with Gasteiger partial charge in [0.05, 0.1) is 0 Å². The lowest BCUT2D eigenvalue weighted by Gasteiger charge is -2.02. The average Bonchev–Trinajstić information content (AvgIpc) is 1.85. The molecule has 8 heavy (non-hydrogen) atoms. The lowest BCUT2D eigenvalue weighted by molar-refractivity contribution is 0.289. The van der Waals surface area contributed by atoms with E-state index in [1.165, 1.54) is 0 Å². The van der Waals surface area contributed by atoms with Gasteiger partial charge in [-0.1, -0.05) is 6.92 Å². The van der Waals surface area contributed by atoms with Crippen LogP contribution in [0, 0.1) is 5.92 Å². The highest BCUT2D eigenvalue weighted by atomic mass is 19.1. The maximum absolute atomic E-state index is 12.5. The van der Waals surface area contributed by atoms with Crippen LogP contribution in [0.1, 0.15) is 6.92 Å². The maximum Gasteiger partial charge on any atom is 0.116 e. The van der Waals surface area contributed by atoms with Gasteiger partial charge >= 0.3 is 0 Å². The van der Waals surface area contributed by atoms with E-state index in [9.17, 15) is 4.39 Å². The van der Waals surface area contributed by atoms with Crippen molar-refractivity contribution in [3.8, 4) is 0 Å². The normalized spacial score (nSPS) is 40.9. The van der Waals surface area contributed by atoms with Crippen LogP contribution in [-0.4, -0.2) is 31.2 Å². The predicted molar refractivity (Wildman–Crippen MR) is 31.6 cm³/mol. The summed E-state index contributed by atoms with van der Waals surface area (Å²) in [5.74, 6) is 0.250. The molecule has 1 fully saturated rings. The van der Waals surface area contributed by atoms with Crippen molar-refractivity contribution in [2.45, 2.75) is 13.1 Å². The fraction of sp³-hybridized carbons (Fsp3) is 1.00. The molecule has 0 bridgehead atoms. The Morgan fingerprint density at radius 3 is 2.25 bits per heavy atom. The van der Waals surface area contributed by atoms with E-state index in [2.05, 4.69) is 0 Å². The summed E-state index contributed by atoms with van der Waals surface area (Å²) in [5, 5.41) is 0. The Labute approximate surface area is 49.5 Å². The summed E-state index contributed by atoms with van der Waals surface area (Å²) in [6.45, 7) is 3.50. The molecule has 2 heteroatoms. The van der Waals surface area contributed by atoms with E-state index in [-0.39, 0.29) is 5.92 Å². The second kappa shape index (κ2) is 2.02. The molecule has 0 radical (unpaired) electrons. The van der Waals surface area contributed by atoms with Gasteiger partial charge in [0.2, 0.25) is 0 Å². The molecule has 0 N–H and O–H groups in total. The number of halogens is 1. The van der Waals surface area contributed by atoms with E-state index in [0.717, 1.165) is 6.54 Å². The van der Waals surface area contributed by atoms with Crippen LogP contribution in [0.5, 0.6) is 0 Å². The first-order valence-corrected chi connectivity index (χ1v) is 3.03. The fourth-order valence-corrected chi connectivity index (χ4v) is 1.16. The van der Waals surface area contributed by atoms with Crippen LogP contribution < -0.4 is 0 Å². The molecule has 0 spiro atoms. The molecule has 1 saturated heterocycles. The monoisotopic (exact) mass is 117 g/mol. The van der Waals surface area contributed by atoms with Gasteiger partial charge < -0.3 is 4.90 Å². The minimum Gasteiger partial charge on any atom is -0.303 e. The molecular formula is C6H12FN. The van der Waals surface area contributed by atoms with Gasteiger partial charge in [-0.05, 0) is 7.05 Å². The standard InChI is InChI=1S/C6H12FN/c1-5-3-8(2)4-6(5)7/h5-6H,3-4H2,1-2H3/t5-,6?/m0/s1. The molecule has 1 aliphatic rings. The smallest absolute Gasteiger partial charge is 0.116 e. The van der Waals surface area contributed by atoms with E-state index in [1.54, 1.807) is 0 Å². The molecule has 0 amide bonds. The van der Waals surface area contributed by atoms with Gasteiger partial charge in [0.25, 0.3) is 0 Å². The summed E-state index contributed by atoms with van der Waals surface area (Å²) in [6, 6.07) is 0. The first-order chi connectivity index (χ1) is 3.70. The number of rotatable bonds is 0. The highest BCUT2D eigenvalue weighted by molar-refractivity contribution is 4.78. The summed E-state index contributed by atoms with van der Waals surface area (Å²) in [5.41, 5.74) is 0. The number of hydrogen-bond donors (Lipinski definition) is 0. The van der Waals surface area contributed by atoms with Crippen molar-refractivity contribution in [3.05, 3.63) is 0 Å². The van der Waals surface area contributed by atoms with E-state index in [1.807, 2.05) is 18.9 Å². The Morgan fingerprint density at radius 2 is 2.12 bits per heavy atom. The summed E-state index contributed by atoms with van der Waals surface area (Å²) in [6.07, 6.45) is -0.583. The molecule has 0 aliphatic carbocycles. The molecule has 1 heterocycles. The fourth-order valence-electron chi connectivity index (χ4n) is 1.16. The minimum absolute atomic E-state index is 0.250. The third kappa shape index (κ3) is 0.996. The highest BCUT2D eigenvalue weighted by Crippen LogP contribution is 2.16. The summed E-state index contributed by atoms with van der Waals surface area (Å²) < 4.78 is 12.5. The average molecular weight is 117 g/mol. The van der Waals surface area contributed by atoms with E-state index in [0.29, 0.717) is 6.54 Å². The lowest BCUT2D eigenvalue weighted by atomic mass is 10.1. The summed E-state index contributed by atoms with van der Waals surface area (Å²) in [7, 11) is 1.95. The van der Waals surface area contributed by atoms with Crippen molar-refractivity contribution in [2.24, 2.45) is 5.92 Å². The van der Waals surface area contributed by atoms with Crippen LogP contribution in [0.2, 0.25) is 0 Å². The Morgan fingerprint density at radius 1 is 1.50 bits per heavy atom. The molecule has 48 valence electrons. The van der Waals surface area contributed by atoms with Gasteiger partial charge in [0, 0.05) is 19.0 Å².